The molecule has 0 aliphatic rings. The molecular formula is C8H16N2O2S2. The fourth-order valence-electron chi connectivity index (χ4n) is 0.863. The predicted molar refractivity (Wildman–Crippen MR) is 62.5 cm³/mol. The second-order valence-corrected chi connectivity index (χ2v) is 3.66. The van der Waals surface area contributed by atoms with Crippen molar-refractivity contribution in [1.29, 1.82) is 0 Å². The van der Waals surface area contributed by atoms with E-state index in [0.29, 0.717) is 18.4 Å². The van der Waals surface area contributed by atoms with E-state index in [2.05, 4.69) is 25.3 Å². The Balaban J connectivity index is 4.12. The van der Waals surface area contributed by atoms with Gasteiger partial charge in [-0.15, -0.1) is 0 Å². The van der Waals surface area contributed by atoms with Gasteiger partial charge in [0.25, 0.3) is 0 Å². The van der Waals surface area contributed by atoms with Crippen molar-refractivity contribution >= 4 is 36.9 Å². The largest absolute Gasteiger partial charge is 0.320 e. The van der Waals surface area contributed by atoms with Crippen LogP contribution in [0.5, 0.6) is 0 Å². The molecule has 0 radical (unpaired) electrons. The summed E-state index contributed by atoms with van der Waals surface area (Å²) in [6.45, 7) is 1.84. The summed E-state index contributed by atoms with van der Waals surface area (Å²) in [6, 6.07) is 0. The van der Waals surface area contributed by atoms with E-state index >= 15 is 0 Å². The number of amides is 1. The third-order valence-corrected chi connectivity index (χ3v) is 2.40. The van der Waals surface area contributed by atoms with Gasteiger partial charge >= 0.3 is 0 Å². The highest BCUT2D eigenvalue weighted by molar-refractivity contribution is 7.80. The number of thiol groups is 2. The fraction of sp³-hybridized carbons (Fsp3) is 0.750. The summed E-state index contributed by atoms with van der Waals surface area (Å²) in [7, 11) is 1.84. The first-order valence-corrected chi connectivity index (χ1v) is 5.45. The maximum atomic E-state index is 11.4. The van der Waals surface area contributed by atoms with Gasteiger partial charge in [-0.25, -0.2) is 0 Å². The molecule has 82 valence electrons. The van der Waals surface area contributed by atoms with Crippen LogP contribution in [0.3, 0.4) is 0 Å². The molecule has 0 unspecified atom stereocenters. The van der Waals surface area contributed by atoms with Gasteiger partial charge < -0.3 is 4.90 Å². The second-order valence-electron chi connectivity index (χ2n) is 3.09. The minimum Gasteiger partial charge on any atom is -0.320 e. The number of hydrogen-bond acceptors (Lipinski definition) is 5. The third-order valence-electron chi connectivity index (χ3n) is 1.58. The van der Waals surface area contributed by atoms with Crippen LogP contribution >= 0.6 is 25.3 Å². The number of nitrogens with zero attached hydrogens (tertiary/aromatic N) is 2. The van der Waals surface area contributed by atoms with E-state index in [0.717, 1.165) is 0 Å². The van der Waals surface area contributed by atoms with Crippen LogP contribution < -0.4 is 0 Å². The Morgan fingerprint density at radius 3 is 2.14 bits per heavy atom. The van der Waals surface area contributed by atoms with Crippen molar-refractivity contribution in [2.24, 2.45) is 0 Å². The molecule has 0 spiro atoms. The Morgan fingerprint density at radius 1 is 1.21 bits per heavy atom. The average Bonchev–Trinajstić information content (AvgIpc) is 2.12. The maximum Gasteiger partial charge on any atom is 0.231 e. The van der Waals surface area contributed by atoms with Gasteiger partial charge in [-0.2, -0.15) is 25.3 Å². The van der Waals surface area contributed by atoms with Crippen molar-refractivity contribution in [2.45, 2.75) is 13.3 Å². The highest BCUT2D eigenvalue weighted by atomic mass is 32.1. The molecule has 0 saturated heterocycles. The third kappa shape index (κ3) is 5.51. The van der Waals surface area contributed by atoms with E-state index in [1.165, 1.54) is 11.8 Å². The van der Waals surface area contributed by atoms with Crippen LogP contribution in [0.15, 0.2) is 0 Å². The van der Waals surface area contributed by atoms with Crippen LogP contribution in [0.25, 0.3) is 0 Å². The van der Waals surface area contributed by atoms with Gasteiger partial charge in [0.2, 0.25) is 5.91 Å². The highest BCUT2D eigenvalue weighted by Gasteiger charge is 2.14. The zero-order valence-corrected chi connectivity index (χ0v) is 10.2. The number of Topliss-reactive ketones (excluding diaryl/α,β-unsaturated/α-hetero) is 1. The molecule has 0 bridgehead atoms. The molecule has 0 aliphatic heterocycles. The minimum absolute atomic E-state index is 0.0546. The molecule has 0 aromatic carbocycles. The van der Waals surface area contributed by atoms with Crippen molar-refractivity contribution in [2.75, 3.05) is 25.5 Å². The molecule has 0 N–H and O–H groups in total. The Labute approximate surface area is 95.4 Å². The molecule has 0 aromatic heterocycles. The Morgan fingerprint density at radius 2 is 1.79 bits per heavy atom. The zero-order chi connectivity index (χ0) is 11.1. The van der Waals surface area contributed by atoms with Crippen LogP contribution in [0.1, 0.15) is 13.3 Å². The highest BCUT2D eigenvalue weighted by Crippen LogP contribution is 1.99. The van der Waals surface area contributed by atoms with Crippen molar-refractivity contribution < 1.29 is 9.59 Å². The first kappa shape index (κ1) is 13.8. The van der Waals surface area contributed by atoms with E-state index in [4.69, 9.17) is 0 Å². The van der Waals surface area contributed by atoms with E-state index in [1.807, 2.05) is 11.9 Å². The Bertz CT molecular complexity index is 212. The van der Waals surface area contributed by atoms with Crippen LogP contribution in [-0.2, 0) is 9.59 Å². The number of hydrogen-bond donors (Lipinski definition) is 2. The van der Waals surface area contributed by atoms with Gasteiger partial charge in [-0.3, -0.25) is 14.5 Å². The Kier molecular flexibility index (Phi) is 7.04. The number of rotatable bonds is 6. The van der Waals surface area contributed by atoms with Gasteiger partial charge in [-0.1, -0.05) is 0 Å². The molecule has 0 atom stereocenters. The lowest BCUT2D eigenvalue weighted by atomic mass is 10.3. The van der Waals surface area contributed by atoms with E-state index < -0.39 is 0 Å². The fourth-order valence-corrected chi connectivity index (χ4v) is 1.20. The van der Waals surface area contributed by atoms with Gasteiger partial charge in [0, 0.05) is 5.88 Å². The standard InChI is InChI=1S/C8H16N2O2S2/c1-7(11)3-8(12)10(6-14)4-9(2)5-13/h13-14H,3-6H2,1-2H3. The van der Waals surface area contributed by atoms with E-state index in [-0.39, 0.29) is 18.1 Å². The van der Waals surface area contributed by atoms with Gasteiger partial charge in [0.1, 0.15) is 5.78 Å². The lowest BCUT2D eigenvalue weighted by Gasteiger charge is -2.25. The zero-order valence-electron chi connectivity index (χ0n) is 8.43. The lowest BCUT2D eigenvalue weighted by Crippen LogP contribution is -2.39. The molecule has 0 aromatic rings. The van der Waals surface area contributed by atoms with Crippen LogP contribution in [0.4, 0.5) is 0 Å². The molecule has 0 fully saturated rings. The molecule has 0 saturated carbocycles. The quantitative estimate of drug-likeness (QED) is 0.400. The topological polar surface area (TPSA) is 40.6 Å². The minimum atomic E-state index is -0.193. The second kappa shape index (κ2) is 7.14. The first-order valence-electron chi connectivity index (χ1n) is 4.18. The van der Waals surface area contributed by atoms with Gasteiger partial charge in [0.05, 0.1) is 19.0 Å². The van der Waals surface area contributed by atoms with E-state index in [1.54, 1.807) is 0 Å². The monoisotopic (exact) mass is 236 g/mol. The summed E-state index contributed by atoms with van der Waals surface area (Å²) < 4.78 is 0. The normalized spacial score (nSPS) is 10.4. The number of carbonyl (C=O) groups is 2. The molecule has 0 rings (SSSR count). The van der Waals surface area contributed by atoms with Crippen LogP contribution in [0.2, 0.25) is 0 Å². The Hall–Kier alpha value is -0.200. The average molecular weight is 236 g/mol. The summed E-state index contributed by atoms with van der Waals surface area (Å²) in [6.07, 6.45) is -0.0546. The molecule has 0 heterocycles. The molecule has 6 heteroatoms. The summed E-state index contributed by atoms with van der Waals surface area (Å²) >= 11 is 8.10. The van der Waals surface area contributed by atoms with Crippen molar-refractivity contribution in [1.82, 2.24) is 9.80 Å². The van der Waals surface area contributed by atoms with Gasteiger partial charge in [0.15, 0.2) is 0 Å². The van der Waals surface area contributed by atoms with Crippen molar-refractivity contribution in [3.05, 3.63) is 0 Å². The lowest BCUT2D eigenvalue weighted by molar-refractivity contribution is -0.135. The van der Waals surface area contributed by atoms with Crippen molar-refractivity contribution in [3.8, 4) is 0 Å². The summed E-state index contributed by atoms with van der Waals surface area (Å²) in [4.78, 5) is 25.5. The number of ketones is 1. The number of carbonyl (C=O) groups excluding carboxylic acids is 2. The first-order chi connectivity index (χ1) is 6.51. The molecule has 1 amide bonds. The molecule has 4 nitrogen and oxygen atoms in total. The van der Waals surface area contributed by atoms with Gasteiger partial charge in [-0.05, 0) is 14.0 Å². The summed E-state index contributed by atoms with van der Waals surface area (Å²) in [5.41, 5.74) is 0. The molecule has 0 aliphatic carbocycles. The van der Waals surface area contributed by atoms with Crippen LogP contribution in [0, 0.1) is 0 Å². The van der Waals surface area contributed by atoms with Crippen molar-refractivity contribution in [3.63, 3.8) is 0 Å². The van der Waals surface area contributed by atoms with Crippen LogP contribution in [-0.4, -0.2) is 47.0 Å². The summed E-state index contributed by atoms with van der Waals surface area (Å²) in [5.74, 6) is 0.540. The molecule has 14 heavy (non-hydrogen) atoms. The van der Waals surface area contributed by atoms with E-state index in [9.17, 15) is 9.59 Å². The molecular weight excluding hydrogens is 220 g/mol. The SMILES string of the molecule is CC(=O)CC(=O)N(CS)CN(C)CS. The predicted octanol–water partition coefficient (Wildman–Crippen LogP) is 0.458. The summed E-state index contributed by atoms with van der Waals surface area (Å²) in [5, 5.41) is 0. The maximum absolute atomic E-state index is 11.4. The smallest absolute Gasteiger partial charge is 0.231 e.